The highest BCUT2D eigenvalue weighted by atomic mass is 16.7. The van der Waals surface area contributed by atoms with Crippen molar-refractivity contribution in [2.75, 3.05) is 26.9 Å². The first-order valence-corrected chi connectivity index (χ1v) is 11.5. The summed E-state index contributed by atoms with van der Waals surface area (Å²) in [5, 5.41) is 11.4. The molecule has 0 radical (unpaired) electrons. The minimum atomic E-state index is -1.47. The molecule has 1 fully saturated rings. The molecule has 14 heteroatoms. The molecule has 1 aliphatic rings. The number of aliphatic hydroxyl groups is 1. The maximum atomic E-state index is 12.3. The van der Waals surface area contributed by atoms with Gasteiger partial charge in [0.25, 0.3) is 5.91 Å². The van der Waals surface area contributed by atoms with Gasteiger partial charge in [-0.3, -0.25) is 24.0 Å². The molecule has 5 atom stereocenters. The van der Waals surface area contributed by atoms with Crippen molar-refractivity contribution < 1.29 is 62.2 Å². The Morgan fingerprint density at radius 2 is 1.47 bits per heavy atom. The summed E-state index contributed by atoms with van der Waals surface area (Å²) < 4.78 is 38.2. The molecule has 2 rings (SSSR count). The number of aliphatic hydroxyl groups excluding tert-OH is 1. The van der Waals surface area contributed by atoms with E-state index in [-0.39, 0.29) is 30.2 Å². The average molecular weight is 542 g/mol. The number of benzene rings is 1. The zero-order chi connectivity index (χ0) is 28.4. The first-order valence-electron chi connectivity index (χ1n) is 11.5. The molecule has 1 aromatic carbocycles. The van der Waals surface area contributed by atoms with Gasteiger partial charge in [0.1, 0.15) is 12.7 Å². The smallest absolute Gasteiger partial charge is 0.303 e. The van der Waals surface area contributed by atoms with Gasteiger partial charge in [-0.25, -0.2) is 0 Å². The van der Waals surface area contributed by atoms with Gasteiger partial charge >= 0.3 is 23.9 Å². The molecular weight excluding hydrogens is 510 g/mol. The van der Waals surface area contributed by atoms with Crippen molar-refractivity contribution >= 4 is 29.8 Å². The summed E-state index contributed by atoms with van der Waals surface area (Å²) in [6.45, 7) is 3.86. The summed E-state index contributed by atoms with van der Waals surface area (Å²) in [5.74, 6) is -3.33. The van der Waals surface area contributed by atoms with Gasteiger partial charge in [0.15, 0.2) is 23.7 Å². The number of carbonyl (C=O) groups is 5. The number of ether oxygens (including phenoxy) is 7. The highest BCUT2D eigenvalue weighted by Crippen LogP contribution is 2.34. The minimum Gasteiger partial charge on any atom is -0.493 e. The van der Waals surface area contributed by atoms with Crippen LogP contribution in [0.3, 0.4) is 0 Å². The summed E-state index contributed by atoms with van der Waals surface area (Å²) in [6.07, 6.45) is -6.85. The second kappa shape index (κ2) is 14.1. The number of rotatable bonds is 11. The van der Waals surface area contributed by atoms with E-state index in [4.69, 9.17) is 38.3 Å². The van der Waals surface area contributed by atoms with Crippen LogP contribution in [0.15, 0.2) is 18.2 Å². The van der Waals surface area contributed by atoms with E-state index in [9.17, 15) is 24.0 Å². The van der Waals surface area contributed by atoms with E-state index in [1.165, 1.54) is 25.3 Å². The molecule has 0 aromatic heterocycles. The van der Waals surface area contributed by atoms with Crippen molar-refractivity contribution in [1.82, 2.24) is 5.32 Å². The molecule has 14 nitrogen and oxygen atoms in total. The van der Waals surface area contributed by atoms with Gasteiger partial charge in [0.2, 0.25) is 12.4 Å². The number of amides is 1. The van der Waals surface area contributed by atoms with E-state index >= 15 is 0 Å². The molecule has 1 aliphatic heterocycles. The largest absolute Gasteiger partial charge is 0.493 e. The van der Waals surface area contributed by atoms with E-state index in [0.29, 0.717) is 0 Å². The quantitative estimate of drug-likeness (QED) is 0.280. The van der Waals surface area contributed by atoms with E-state index in [0.717, 1.165) is 27.7 Å². The van der Waals surface area contributed by atoms with Gasteiger partial charge in [-0.05, 0) is 18.2 Å². The van der Waals surface area contributed by atoms with Gasteiger partial charge in [0, 0.05) is 39.8 Å². The van der Waals surface area contributed by atoms with E-state index in [1.807, 2.05) is 0 Å². The Morgan fingerprint density at radius 1 is 0.868 bits per heavy atom. The minimum absolute atomic E-state index is 0.0458. The lowest BCUT2D eigenvalue weighted by atomic mass is 9.98. The SMILES string of the molecule is COc1cc(C(=O)NCCO)ccc1O[C@H]1O[C@H](COC(C)=O)[C@H](OC(C)=O)[C@@H](OC(C)=O)[C@@H]1OC(C)=O. The summed E-state index contributed by atoms with van der Waals surface area (Å²) in [4.78, 5) is 59.5. The van der Waals surface area contributed by atoms with Crippen LogP contribution in [0, 0.1) is 0 Å². The van der Waals surface area contributed by atoms with Gasteiger partial charge in [-0.1, -0.05) is 0 Å². The molecule has 210 valence electrons. The van der Waals surface area contributed by atoms with Crippen molar-refractivity contribution in [3.8, 4) is 11.5 Å². The normalized spacial score (nSPS) is 22.4. The predicted molar refractivity (Wildman–Crippen MR) is 125 cm³/mol. The van der Waals surface area contributed by atoms with Gasteiger partial charge in [0.05, 0.1) is 13.7 Å². The molecule has 38 heavy (non-hydrogen) atoms. The third-order valence-corrected chi connectivity index (χ3v) is 5.01. The summed E-state index contributed by atoms with van der Waals surface area (Å²) >= 11 is 0. The lowest BCUT2D eigenvalue weighted by molar-refractivity contribution is -0.288. The van der Waals surface area contributed by atoms with Crippen LogP contribution in [-0.4, -0.2) is 92.5 Å². The molecule has 0 aliphatic carbocycles. The first kappa shape index (κ1) is 30.3. The van der Waals surface area contributed by atoms with Crippen LogP contribution >= 0.6 is 0 Å². The zero-order valence-corrected chi connectivity index (χ0v) is 21.6. The van der Waals surface area contributed by atoms with Crippen LogP contribution in [-0.2, 0) is 42.9 Å². The Bertz CT molecular complexity index is 1030. The second-order valence-corrected chi connectivity index (χ2v) is 8.03. The lowest BCUT2D eigenvalue weighted by Gasteiger charge is -2.44. The van der Waals surface area contributed by atoms with Crippen molar-refractivity contribution in [2.45, 2.75) is 58.4 Å². The Labute approximate surface area is 218 Å². The second-order valence-electron chi connectivity index (χ2n) is 8.03. The number of methoxy groups -OCH3 is 1. The molecule has 0 bridgehead atoms. The van der Waals surface area contributed by atoms with Gasteiger partial charge in [-0.2, -0.15) is 0 Å². The number of carbonyl (C=O) groups excluding carboxylic acids is 5. The topological polar surface area (TPSA) is 182 Å². The molecule has 1 aromatic rings. The molecular formula is C24H31NO13. The van der Waals surface area contributed by atoms with E-state index in [2.05, 4.69) is 5.32 Å². The first-order chi connectivity index (χ1) is 18.0. The Morgan fingerprint density at radius 3 is 2.03 bits per heavy atom. The average Bonchev–Trinajstić information content (AvgIpc) is 2.84. The third-order valence-electron chi connectivity index (χ3n) is 5.01. The lowest BCUT2D eigenvalue weighted by Crippen LogP contribution is -2.63. The molecule has 1 amide bonds. The standard InChI is InChI=1S/C24H31NO13/c1-12(27)33-11-19-20(34-13(2)28)21(35-14(3)29)22(36-15(4)30)24(38-19)37-17-7-6-16(10-18(17)32-5)23(31)25-8-9-26/h6-7,10,19-22,24,26H,8-9,11H2,1-5H3,(H,25,31)/t19-,20+,21-,22+,24+/m1/s1. The number of nitrogens with one attached hydrogen (secondary N) is 1. The van der Waals surface area contributed by atoms with Crippen LogP contribution in [0.5, 0.6) is 11.5 Å². The fourth-order valence-corrected chi connectivity index (χ4v) is 3.59. The maximum absolute atomic E-state index is 12.3. The van der Waals surface area contributed by atoms with Crippen molar-refractivity contribution in [1.29, 1.82) is 0 Å². The van der Waals surface area contributed by atoms with Crippen LogP contribution in [0.4, 0.5) is 0 Å². The fourth-order valence-electron chi connectivity index (χ4n) is 3.59. The van der Waals surface area contributed by atoms with Crippen molar-refractivity contribution in [3.05, 3.63) is 23.8 Å². The third kappa shape index (κ3) is 8.59. The Balaban J connectivity index is 2.48. The molecule has 0 saturated carbocycles. The number of esters is 4. The predicted octanol–water partition coefficient (Wildman–Crippen LogP) is -0.121. The highest BCUT2D eigenvalue weighted by molar-refractivity contribution is 5.94. The molecule has 1 heterocycles. The van der Waals surface area contributed by atoms with Crippen LogP contribution in [0.1, 0.15) is 38.1 Å². The summed E-state index contributed by atoms with van der Waals surface area (Å²) in [6, 6.07) is 4.17. The van der Waals surface area contributed by atoms with Crippen molar-refractivity contribution in [2.24, 2.45) is 0 Å². The summed E-state index contributed by atoms with van der Waals surface area (Å²) in [7, 11) is 1.32. The molecule has 2 N–H and O–H groups in total. The van der Waals surface area contributed by atoms with Gasteiger partial charge in [-0.15, -0.1) is 0 Å². The Hall–Kier alpha value is -3.91. The van der Waals surface area contributed by atoms with E-state index in [1.54, 1.807) is 0 Å². The molecule has 0 spiro atoms. The van der Waals surface area contributed by atoms with Crippen LogP contribution < -0.4 is 14.8 Å². The fraction of sp³-hybridized carbons (Fsp3) is 0.542. The van der Waals surface area contributed by atoms with Crippen molar-refractivity contribution in [3.63, 3.8) is 0 Å². The Kier molecular flexibility index (Phi) is 11.3. The summed E-state index contributed by atoms with van der Waals surface area (Å²) in [5.41, 5.74) is 0.198. The monoisotopic (exact) mass is 541 g/mol. The molecule has 0 unspecified atom stereocenters. The maximum Gasteiger partial charge on any atom is 0.303 e. The van der Waals surface area contributed by atoms with Crippen LogP contribution in [0.2, 0.25) is 0 Å². The van der Waals surface area contributed by atoms with Gasteiger partial charge < -0.3 is 43.6 Å². The zero-order valence-electron chi connectivity index (χ0n) is 21.6. The number of hydrogen-bond acceptors (Lipinski definition) is 13. The number of hydrogen-bond donors (Lipinski definition) is 2. The van der Waals surface area contributed by atoms with E-state index < -0.39 is 67.1 Å². The van der Waals surface area contributed by atoms with Crippen LogP contribution in [0.25, 0.3) is 0 Å². The highest BCUT2D eigenvalue weighted by Gasteiger charge is 2.53. The molecule has 1 saturated heterocycles.